The highest BCUT2D eigenvalue weighted by Crippen LogP contribution is 2.22. The zero-order valence-electron chi connectivity index (χ0n) is 13.3. The fraction of sp³-hybridized carbons (Fsp3) is 0.222. The van der Waals surface area contributed by atoms with Gasteiger partial charge in [0.25, 0.3) is 12.2 Å². The molecule has 1 amide bonds. The number of amides is 1. The van der Waals surface area contributed by atoms with Crippen molar-refractivity contribution in [2.24, 2.45) is 0 Å². The minimum atomic E-state index is -1.66. The van der Waals surface area contributed by atoms with Crippen LogP contribution in [0, 0.1) is 11.8 Å². The zero-order valence-corrected chi connectivity index (χ0v) is 14.0. The first kappa shape index (κ1) is 17.1. The zero-order chi connectivity index (χ0) is 18.0. The van der Waals surface area contributed by atoms with Crippen LogP contribution in [0.15, 0.2) is 30.3 Å². The average molecular weight is 355 g/mol. The van der Waals surface area contributed by atoms with Gasteiger partial charge in [0, 0.05) is 37.2 Å². The summed E-state index contributed by atoms with van der Waals surface area (Å²) in [6.45, 7) is 0.464. The lowest BCUT2D eigenvalue weighted by Gasteiger charge is -2.13. The van der Waals surface area contributed by atoms with Crippen LogP contribution in [0.2, 0.25) is 5.15 Å². The van der Waals surface area contributed by atoms with Crippen LogP contribution in [0.5, 0.6) is 0 Å². The molecule has 0 aliphatic carbocycles. The van der Waals surface area contributed by atoms with Crippen LogP contribution in [-0.4, -0.2) is 51.4 Å². The Balaban J connectivity index is 1.94. The number of aromatic nitrogens is 2. The molecule has 1 fully saturated rings. The van der Waals surface area contributed by atoms with Crippen LogP contribution in [0.1, 0.15) is 17.7 Å². The van der Waals surface area contributed by atoms with Crippen molar-refractivity contribution < 1.29 is 14.7 Å². The number of aliphatic hydroxyl groups is 1. The molecular formula is C18H13ClN3O3. The van der Waals surface area contributed by atoms with E-state index in [0.29, 0.717) is 17.7 Å². The summed E-state index contributed by atoms with van der Waals surface area (Å²) in [6.07, 6.45) is 1.95. The first-order valence-electron chi connectivity index (χ1n) is 7.45. The maximum atomic E-state index is 11.9. The normalized spacial score (nSPS) is 19.5. The first-order valence-corrected chi connectivity index (χ1v) is 7.83. The highest BCUT2D eigenvalue weighted by molar-refractivity contribution is 6.29. The van der Waals surface area contributed by atoms with Gasteiger partial charge in [0.05, 0.1) is 0 Å². The smallest absolute Gasteiger partial charge is 0.267 e. The van der Waals surface area contributed by atoms with Gasteiger partial charge in [-0.15, -0.1) is 0 Å². The van der Waals surface area contributed by atoms with Gasteiger partial charge in [0.2, 0.25) is 5.60 Å². The molecule has 0 bridgehead atoms. The second-order valence-corrected chi connectivity index (χ2v) is 6.06. The molecule has 1 aromatic carbocycles. The summed E-state index contributed by atoms with van der Waals surface area (Å²) >= 11 is 5.88. The van der Waals surface area contributed by atoms with E-state index in [9.17, 15) is 14.7 Å². The van der Waals surface area contributed by atoms with E-state index in [1.807, 2.05) is 0 Å². The van der Waals surface area contributed by atoms with E-state index in [-0.39, 0.29) is 23.1 Å². The summed E-state index contributed by atoms with van der Waals surface area (Å²) in [6, 6.07) is 8.23. The number of carbonyl (C=O) groups excluding carboxylic acids is 2. The highest BCUT2D eigenvalue weighted by Gasteiger charge is 2.42. The van der Waals surface area contributed by atoms with E-state index in [1.165, 1.54) is 11.0 Å². The molecule has 1 N–H and O–H groups in total. The van der Waals surface area contributed by atoms with Crippen LogP contribution in [0.25, 0.3) is 11.4 Å². The summed E-state index contributed by atoms with van der Waals surface area (Å²) in [5, 5.41) is 10.5. The van der Waals surface area contributed by atoms with Gasteiger partial charge < -0.3 is 10.0 Å². The monoisotopic (exact) mass is 354 g/mol. The number of hydrogen-bond acceptors (Lipinski definition) is 5. The van der Waals surface area contributed by atoms with Crippen molar-refractivity contribution >= 4 is 23.8 Å². The van der Waals surface area contributed by atoms with Crippen molar-refractivity contribution in [3.63, 3.8) is 0 Å². The second-order valence-electron chi connectivity index (χ2n) is 5.67. The summed E-state index contributed by atoms with van der Waals surface area (Å²) in [5.41, 5.74) is -0.418. The number of halogens is 1. The SMILES string of the molecule is CN1CCC(O)(C#Cc2cccc(-c3nc(Cl)cc([C]=O)n3)c2)C1=O. The van der Waals surface area contributed by atoms with Gasteiger partial charge in [0.15, 0.2) is 5.82 Å². The molecule has 2 heterocycles. The van der Waals surface area contributed by atoms with Gasteiger partial charge in [0.1, 0.15) is 10.8 Å². The quantitative estimate of drug-likeness (QED) is 0.647. The molecule has 1 saturated heterocycles. The van der Waals surface area contributed by atoms with Gasteiger partial charge in [-0.05, 0) is 12.1 Å². The molecule has 6 nitrogen and oxygen atoms in total. The molecule has 1 unspecified atom stereocenters. The van der Waals surface area contributed by atoms with E-state index >= 15 is 0 Å². The van der Waals surface area contributed by atoms with E-state index in [1.54, 1.807) is 37.6 Å². The van der Waals surface area contributed by atoms with Crippen molar-refractivity contribution in [2.75, 3.05) is 13.6 Å². The molecule has 2 aromatic rings. The molecule has 125 valence electrons. The lowest BCUT2D eigenvalue weighted by Crippen LogP contribution is -2.37. The first-order chi connectivity index (χ1) is 11.9. The third-order valence-corrected chi connectivity index (χ3v) is 4.04. The number of carbonyl (C=O) groups is 1. The Bertz CT molecular complexity index is 919. The number of benzene rings is 1. The van der Waals surface area contributed by atoms with Crippen molar-refractivity contribution in [2.45, 2.75) is 12.0 Å². The lowest BCUT2D eigenvalue weighted by atomic mass is 10.0. The molecule has 0 spiro atoms. The lowest BCUT2D eigenvalue weighted by molar-refractivity contribution is -0.137. The van der Waals surface area contributed by atoms with Crippen molar-refractivity contribution in [3.05, 3.63) is 46.7 Å². The fourth-order valence-corrected chi connectivity index (χ4v) is 2.66. The van der Waals surface area contributed by atoms with Crippen molar-refractivity contribution in [1.29, 1.82) is 0 Å². The van der Waals surface area contributed by atoms with E-state index < -0.39 is 11.5 Å². The molecular weight excluding hydrogens is 342 g/mol. The summed E-state index contributed by atoms with van der Waals surface area (Å²) < 4.78 is 0. The van der Waals surface area contributed by atoms with Gasteiger partial charge >= 0.3 is 0 Å². The predicted octanol–water partition coefficient (Wildman–Crippen LogP) is 1.20. The Morgan fingerprint density at radius 1 is 1.32 bits per heavy atom. The second kappa shape index (κ2) is 6.63. The van der Waals surface area contributed by atoms with Gasteiger partial charge in [-0.1, -0.05) is 35.6 Å². The Kier molecular flexibility index (Phi) is 4.53. The van der Waals surface area contributed by atoms with Crippen LogP contribution < -0.4 is 0 Å². The average Bonchev–Trinajstić information content (AvgIpc) is 2.88. The third kappa shape index (κ3) is 3.53. The molecule has 1 radical (unpaired) electrons. The number of hydrogen-bond donors (Lipinski definition) is 1. The molecule has 7 heteroatoms. The van der Waals surface area contributed by atoms with Crippen LogP contribution >= 0.6 is 11.6 Å². The van der Waals surface area contributed by atoms with Crippen molar-refractivity contribution in [3.8, 4) is 23.2 Å². The Labute approximate surface area is 149 Å². The molecule has 1 atom stereocenters. The largest absolute Gasteiger partial charge is 0.369 e. The molecule has 3 rings (SSSR count). The number of likely N-dealkylation sites (tertiary alicyclic amines) is 1. The summed E-state index contributed by atoms with van der Waals surface area (Å²) in [5.74, 6) is 5.34. The highest BCUT2D eigenvalue weighted by atomic mass is 35.5. The molecule has 1 aliphatic heterocycles. The maximum absolute atomic E-state index is 11.9. The van der Waals surface area contributed by atoms with E-state index in [4.69, 9.17) is 11.6 Å². The predicted molar refractivity (Wildman–Crippen MR) is 91.4 cm³/mol. The minimum absolute atomic E-state index is 0.0559. The van der Waals surface area contributed by atoms with Gasteiger partial charge in [-0.3, -0.25) is 9.59 Å². The minimum Gasteiger partial charge on any atom is -0.369 e. The maximum Gasteiger partial charge on any atom is 0.267 e. The fourth-order valence-electron chi connectivity index (χ4n) is 2.48. The molecule has 0 saturated carbocycles. The number of nitrogens with zero attached hydrogens (tertiary/aromatic N) is 3. The molecule has 25 heavy (non-hydrogen) atoms. The standard InChI is InChI=1S/C18H13ClN3O3/c1-22-8-7-18(25,17(22)24)6-5-12-3-2-4-13(9-12)16-20-14(11-23)10-15(19)21-16/h2-4,9-10,25H,7-8H2,1H3. The van der Waals surface area contributed by atoms with Crippen LogP contribution in [0.3, 0.4) is 0 Å². The number of rotatable bonds is 2. The Morgan fingerprint density at radius 3 is 2.80 bits per heavy atom. The van der Waals surface area contributed by atoms with Crippen LogP contribution in [0.4, 0.5) is 0 Å². The topological polar surface area (TPSA) is 83.4 Å². The van der Waals surface area contributed by atoms with Crippen molar-refractivity contribution in [1.82, 2.24) is 14.9 Å². The van der Waals surface area contributed by atoms with Gasteiger partial charge in [-0.2, -0.15) is 0 Å². The summed E-state index contributed by atoms with van der Waals surface area (Å²) in [7, 11) is 1.63. The summed E-state index contributed by atoms with van der Waals surface area (Å²) in [4.78, 5) is 32.3. The Morgan fingerprint density at radius 2 is 2.12 bits per heavy atom. The number of likely N-dealkylation sites (N-methyl/N-ethyl adjacent to an activating group) is 1. The molecule has 1 aromatic heterocycles. The van der Waals surface area contributed by atoms with E-state index in [2.05, 4.69) is 21.8 Å². The third-order valence-electron chi connectivity index (χ3n) is 3.84. The van der Waals surface area contributed by atoms with Gasteiger partial charge in [-0.25, -0.2) is 9.97 Å². The Hall–Kier alpha value is -2.75. The molecule has 1 aliphatic rings. The van der Waals surface area contributed by atoms with E-state index in [0.717, 1.165) is 0 Å². The van der Waals surface area contributed by atoms with Crippen LogP contribution in [-0.2, 0) is 9.59 Å².